The van der Waals surface area contributed by atoms with Crippen LogP contribution in [0.15, 0.2) is 47.6 Å². The minimum absolute atomic E-state index is 0.306. The average Bonchev–Trinajstić information content (AvgIpc) is 2.95. The molecule has 2 heterocycles. The lowest BCUT2D eigenvalue weighted by molar-refractivity contribution is 0.466. The van der Waals surface area contributed by atoms with Crippen LogP contribution in [0.25, 0.3) is 0 Å². The lowest BCUT2D eigenvalue weighted by atomic mass is 10.2. The maximum atomic E-state index is 12.6. The Bertz CT molecular complexity index is 745. The van der Waals surface area contributed by atoms with Gasteiger partial charge in [0, 0.05) is 38.2 Å². The molecule has 0 atom stereocenters. The van der Waals surface area contributed by atoms with Gasteiger partial charge in [-0.15, -0.1) is 0 Å². The van der Waals surface area contributed by atoms with Crippen LogP contribution in [0.2, 0.25) is 0 Å². The predicted octanol–water partition coefficient (Wildman–Crippen LogP) is 1.87. The first kappa shape index (κ1) is 14.0. The molecule has 6 heteroatoms. The molecule has 21 heavy (non-hydrogen) atoms. The molecule has 0 saturated carbocycles. The van der Waals surface area contributed by atoms with Crippen molar-refractivity contribution in [3.05, 3.63) is 53.9 Å². The summed E-state index contributed by atoms with van der Waals surface area (Å²) < 4.78 is 26.6. The zero-order valence-corrected chi connectivity index (χ0v) is 12.6. The standard InChI is InChI=1S/C15H17N3O2S/c1-18(11-12-3-2-7-16-10-12)21(19,20)14-5-4-13-6-8-17-15(13)9-14/h2-5,7,9-10,17H,6,8,11H2,1H3. The van der Waals surface area contributed by atoms with E-state index in [4.69, 9.17) is 0 Å². The summed E-state index contributed by atoms with van der Waals surface area (Å²) in [7, 11) is -1.91. The lowest BCUT2D eigenvalue weighted by Crippen LogP contribution is -2.26. The third-order valence-electron chi connectivity index (χ3n) is 3.63. The van der Waals surface area contributed by atoms with Crippen LogP contribution < -0.4 is 5.32 Å². The number of sulfonamides is 1. The van der Waals surface area contributed by atoms with Crippen molar-refractivity contribution in [3.63, 3.8) is 0 Å². The molecule has 0 spiro atoms. The van der Waals surface area contributed by atoms with Gasteiger partial charge in [-0.25, -0.2) is 8.42 Å². The van der Waals surface area contributed by atoms with Gasteiger partial charge in [0.15, 0.2) is 0 Å². The molecule has 0 fully saturated rings. The highest BCUT2D eigenvalue weighted by Crippen LogP contribution is 2.27. The highest BCUT2D eigenvalue weighted by molar-refractivity contribution is 7.89. The summed E-state index contributed by atoms with van der Waals surface area (Å²) in [4.78, 5) is 4.33. The summed E-state index contributed by atoms with van der Waals surface area (Å²) in [5, 5.41) is 3.21. The summed E-state index contributed by atoms with van der Waals surface area (Å²) >= 11 is 0. The molecule has 110 valence electrons. The van der Waals surface area contributed by atoms with Crippen LogP contribution in [-0.4, -0.2) is 31.3 Å². The number of nitrogens with zero attached hydrogens (tertiary/aromatic N) is 2. The highest BCUT2D eigenvalue weighted by Gasteiger charge is 2.23. The van der Waals surface area contributed by atoms with Crippen molar-refractivity contribution < 1.29 is 8.42 Å². The number of rotatable bonds is 4. The van der Waals surface area contributed by atoms with Gasteiger partial charge in [-0.1, -0.05) is 12.1 Å². The molecule has 1 aromatic carbocycles. The molecule has 3 rings (SSSR count). The second-order valence-corrected chi connectivity index (χ2v) is 7.16. The predicted molar refractivity (Wildman–Crippen MR) is 81.5 cm³/mol. The van der Waals surface area contributed by atoms with Gasteiger partial charge in [0.05, 0.1) is 4.90 Å². The molecular formula is C15H17N3O2S. The SMILES string of the molecule is CN(Cc1cccnc1)S(=O)(=O)c1ccc2c(c1)NCC2. The minimum Gasteiger partial charge on any atom is -0.384 e. The molecule has 0 saturated heterocycles. The number of anilines is 1. The van der Waals surface area contributed by atoms with Crippen molar-refractivity contribution in [3.8, 4) is 0 Å². The van der Waals surface area contributed by atoms with Crippen LogP contribution in [-0.2, 0) is 23.0 Å². The number of aromatic nitrogens is 1. The highest BCUT2D eigenvalue weighted by atomic mass is 32.2. The van der Waals surface area contributed by atoms with E-state index in [1.165, 1.54) is 9.87 Å². The van der Waals surface area contributed by atoms with Gasteiger partial charge in [-0.05, 0) is 35.7 Å². The second-order valence-electron chi connectivity index (χ2n) is 5.12. The van der Waals surface area contributed by atoms with E-state index in [0.717, 1.165) is 24.2 Å². The number of hydrogen-bond acceptors (Lipinski definition) is 4. The molecule has 0 unspecified atom stereocenters. The Morgan fingerprint density at radius 1 is 1.33 bits per heavy atom. The zero-order chi connectivity index (χ0) is 14.9. The Morgan fingerprint density at radius 3 is 2.95 bits per heavy atom. The van der Waals surface area contributed by atoms with Crippen LogP contribution in [0.3, 0.4) is 0 Å². The Labute approximate surface area is 124 Å². The maximum absolute atomic E-state index is 12.6. The normalized spacial score (nSPS) is 14.0. The van der Waals surface area contributed by atoms with E-state index in [9.17, 15) is 8.42 Å². The molecule has 0 radical (unpaired) electrons. The van der Waals surface area contributed by atoms with Crippen LogP contribution in [0, 0.1) is 0 Å². The van der Waals surface area contributed by atoms with Gasteiger partial charge in [0.2, 0.25) is 10.0 Å². The van der Waals surface area contributed by atoms with Gasteiger partial charge in [-0.2, -0.15) is 4.31 Å². The van der Waals surface area contributed by atoms with Crippen LogP contribution in [0.5, 0.6) is 0 Å². The van der Waals surface area contributed by atoms with Gasteiger partial charge >= 0.3 is 0 Å². The molecular weight excluding hydrogens is 286 g/mol. The second kappa shape index (κ2) is 5.46. The number of hydrogen-bond donors (Lipinski definition) is 1. The molecule has 0 amide bonds. The first-order chi connectivity index (χ1) is 10.1. The third-order valence-corrected chi connectivity index (χ3v) is 5.43. The first-order valence-corrected chi connectivity index (χ1v) is 8.23. The van der Waals surface area contributed by atoms with E-state index in [-0.39, 0.29) is 0 Å². The number of nitrogens with one attached hydrogen (secondary N) is 1. The van der Waals surface area contributed by atoms with Crippen LogP contribution >= 0.6 is 0 Å². The largest absolute Gasteiger partial charge is 0.384 e. The Kier molecular flexibility index (Phi) is 3.65. The summed E-state index contributed by atoms with van der Waals surface area (Å²) in [5.41, 5.74) is 2.96. The van der Waals surface area contributed by atoms with Gasteiger partial charge in [0.1, 0.15) is 0 Å². The summed E-state index contributed by atoms with van der Waals surface area (Å²) in [5.74, 6) is 0. The van der Waals surface area contributed by atoms with Gasteiger partial charge in [-0.3, -0.25) is 4.98 Å². The number of fused-ring (bicyclic) bond motifs is 1. The fourth-order valence-corrected chi connectivity index (χ4v) is 3.63. The van der Waals surface area contributed by atoms with Crippen molar-refractivity contribution >= 4 is 15.7 Å². The summed E-state index contributed by atoms with van der Waals surface area (Å²) in [6, 6.07) is 8.96. The van der Waals surface area contributed by atoms with Crippen LogP contribution in [0.1, 0.15) is 11.1 Å². The minimum atomic E-state index is -3.49. The number of benzene rings is 1. The maximum Gasteiger partial charge on any atom is 0.243 e. The van der Waals surface area contributed by atoms with Crippen molar-refractivity contribution in [2.45, 2.75) is 17.9 Å². The zero-order valence-electron chi connectivity index (χ0n) is 11.8. The molecule has 0 aliphatic carbocycles. The average molecular weight is 303 g/mol. The van der Waals surface area contributed by atoms with E-state index in [1.807, 2.05) is 12.1 Å². The van der Waals surface area contributed by atoms with E-state index in [1.54, 1.807) is 37.6 Å². The van der Waals surface area contributed by atoms with Gasteiger partial charge < -0.3 is 5.32 Å². The molecule has 2 aromatic rings. The third kappa shape index (κ3) is 2.77. The fraction of sp³-hybridized carbons (Fsp3) is 0.267. The lowest BCUT2D eigenvalue weighted by Gasteiger charge is -2.17. The quantitative estimate of drug-likeness (QED) is 0.936. The molecule has 5 nitrogen and oxygen atoms in total. The Balaban J connectivity index is 1.86. The van der Waals surface area contributed by atoms with Gasteiger partial charge in [0.25, 0.3) is 0 Å². The van der Waals surface area contributed by atoms with E-state index >= 15 is 0 Å². The summed E-state index contributed by atoms with van der Waals surface area (Å²) in [6.07, 6.45) is 4.29. The Hall–Kier alpha value is -1.92. The number of pyridine rings is 1. The first-order valence-electron chi connectivity index (χ1n) is 6.79. The molecule has 0 bridgehead atoms. The Morgan fingerprint density at radius 2 is 2.19 bits per heavy atom. The molecule has 1 aromatic heterocycles. The van der Waals surface area contributed by atoms with E-state index in [0.29, 0.717) is 11.4 Å². The monoisotopic (exact) mass is 303 g/mol. The summed E-state index contributed by atoms with van der Waals surface area (Å²) in [6.45, 7) is 1.17. The van der Waals surface area contributed by atoms with E-state index < -0.39 is 10.0 Å². The van der Waals surface area contributed by atoms with Crippen molar-refractivity contribution in [2.24, 2.45) is 0 Å². The van der Waals surface area contributed by atoms with Crippen molar-refractivity contribution in [2.75, 3.05) is 18.9 Å². The van der Waals surface area contributed by atoms with E-state index in [2.05, 4.69) is 10.3 Å². The smallest absolute Gasteiger partial charge is 0.243 e. The van der Waals surface area contributed by atoms with Crippen LogP contribution in [0.4, 0.5) is 5.69 Å². The molecule has 1 N–H and O–H groups in total. The molecule has 1 aliphatic rings. The topological polar surface area (TPSA) is 62.3 Å². The fourth-order valence-electron chi connectivity index (χ4n) is 2.44. The molecule has 1 aliphatic heterocycles. The van der Waals surface area contributed by atoms with Crippen molar-refractivity contribution in [1.82, 2.24) is 9.29 Å². The van der Waals surface area contributed by atoms with Crippen molar-refractivity contribution in [1.29, 1.82) is 0 Å².